The molecule has 1 aromatic rings. The van der Waals surface area contributed by atoms with Crippen molar-refractivity contribution in [3.63, 3.8) is 0 Å². The minimum atomic E-state index is -0.623. The Morgan fingerprint density at radius 1 is 1.00 bits per heavy atom. The van der Waals surface area contributed by atoms with Gasteiger partial charge in [-0.1, -0.05) is 12.1 Å². The van der Waals surface area contributed by atoms with Gasteiger partial charge in [0.05, 0.1) is 30.3 Å². The number of carbonyl (C=O) groups is 2. The van der Waals surface area contributed by atoms with E-state index in [2.05, 4.69) is 0 Å². The minimum absolute atomic E-state index is 0.225. The van der Waals surface area contributed by atoms with E-state index in [1.807, 2.05) is 0 Å². The van der Waals surface area contributed by atoms with Crippen molar-refractivity contribution in [2.24, 2.45) is 0 Å². The second-order valence-electron chi connectivity index (χ2n) is 4.82. The molecule has 1 heterocycles. The van der Waals surface area contributed by atoms with Crippen LogP contribution in [0.1, 0.15) is 25.3 Å². The molecule has 0 radical (unpaired) electrons. The number of anilines is 1. The van der Waals surface area contributed by atoms with Gasteiger partial charge in [0, 0.05) is 5.69 Å². The van der Waals surface area contributed by atoms with Crippen LogP contribution in [-0.4, -0.2) is 25.2 Å². The first kappa shape index (κ1) is 16.6. The fourth-order valence-electron chi connectivity index (χ4n) is 2.29. The van der Waals surface area contributed by atoms with Crippen LogP contribution in [-0.2, 0) is 23.8 Å². The van der Waals surface area contributed by atoms with Crippen LogP contribution in [0.25, 0.3) is 0 Å². The van der Waals surface area contributed by atoms with E-state index < -0.39 is 17.9 Å². The molecule has 6 heteroatoms. The van der Waals surface area contributed by atoms with Gasteiger partial charge >= 0.3 is 11.9 Å². The molecule has 0 amide bonds. The number of hydrogen-bond acceptors (Lipinski definition) is 6. The molecule has 0 saturated carbocycles. The summed E-state index contributed by atoms with van der Waals surface area (Å²) in [6.07, 6.45) is 2.59. The maximum absolute atomic E-state index is 12.2. The molecule has 23 heavy (non-hydrogen) atoms. The van der Waals surface area contributed by atoms with Gasteiger partial charge in [-0.3, -0.25) is 0 Å². The lowest BCUT2D eigenvalue weighted by atomic mass is 9.84. The highest BCUT2D eigenvalue weighted by molar-refractivity contribution is 5.98. The highest BCUT2D eigenvalue weighted by Gasteiger charge is 2.34. The molecular formula is C17H19NO5. The van der Waals surface area contributed by atoms with Gasteiger partial charge in [-0.2, -0.15) is 0 Å². The van der Waals surface area contributed by atoms with Crippen molar-refractivity contribution < 1.29 is 23.8 Å². The van der Waals surface area contributed by atoms with Gasteiger partial charge in [-0.15, -0.1) is 0 Å². The number of esters is 2. The van der Waals surface area contributed by atoms with Gasteiger partial charge in [0.1, 0.15) is 12.5 Å². The van der Waals surface area contributed by atoms with E-state index in [-0.39, 0.29) is 24.4 Å². The van der Waals surface area contributed by atoms with Crippen molar-refractivity contribution in [3.05, 3.63) is 53.5 Å². The average molecular weight is 317 g/mol. The second-order valence-corrected chi connectivity index (χ2v) is 4.82. The summed E-state index contributed by atoms with van der Waals surface area (Å²) in [5.74, 6) is -1.70. The number of hydrogen-bond donors (Lipinski definition) is 1. The van der Waals surface area contributed by atoms with Crippen LogP contribution in [0, 0.1) is 0 Å². The van der Waals surface area contributed by atoms with E-state index >= 15 is 0 Å². The standard InChI is InChI=1S/C17H19NO5/c1-3-22-16(19)13-9-21-10-14(17(20)23-4-2)15(13)11-5-7-12(18)8-6-11/h5-10,15H,3-4,18H2,1-2H3. The van der Waals surface area contributed by atoms with Crippen molar-refractivity contribution in [1.82, 2.24) is 0 Å². The average Bonchev–Trinajstić information content (AvgIpc) is 2.55. The number of nitrogen functional groups attached to an aromatic ring is 1. The van der Waals surface area contributed by atoms with Gasteiger partial charge in [0.2, 0.25) is 0 Å². The molecule has 0 aliphatic carbocycles. The summed E-state index contributed by atoms with van der Waals surface area (Å²) < 4.78 is 15.3. The molecule has 2 N–H and O–H groups in total. The first-order chi connectivity index (χ1) is 11.1. The maximum Gasteiger partial charge on any atom is 0.338 e. The van der Waals surface area contributed by atoms with Crippen LogP contribution in [0.3, 0.4) is 0 Å². The zero-order chi connectivity index (χ0) is 16.8. The van der Waals surface area contributed by atoms with Crippen LogP contribution in [0.4, 0.5) is 5.69 Å². The number of ether oxygens (including phenoxy) is 3. The summed E-state index contributed by atoms with van der Waals surface area (Å²) in [7, 11) is 0. The van der Waals surface area contributed by atoms with Gasteiger partial charge in [-0.05, 0) is 31.5 Å². The van der Waals surface area contributed by atoms with Gasteiger partial charge in [-0.25, -0.2) is 9.59 Å². The lowest BCUT2D eigenvalue weighted by Gasteiger charge is -2.24. The molecule has 0 aromatic heterocycles. The zero-order valence-corrected chi connectivity index (χ0v) is 13.1. The van der Waals surface area contributed by atoms with Crippen molar-refractivity contribution in [3.8, 4) is 0 Å². The largest absolute Gasteiger partial charge is 0.471 e. The van der Waals surface area contributed by atoms with Crippen molar-refractivity contribution in [2.45, 2.75) is 19.8 Å². The molecule has 0 bridgehead atoms. The SMILES string of the molecule is CCOC(=O)C1=COC=C(C(=O)OCC)C1c1ccc(N)cc1. The summed E-state index contributed by atoms with van der Waals surface area (Å²) in [5, 5.41) is 0. The number of carbonyl (C=O) groups excluding carboxylic acids is 2. The first-order valence-corrected chi connectivity index (χ1v) is 7.33. The molecule has 2 rings (SSSR count). The molecule has 0 atom stereocenters. The highest BCUT2D eigenvalue weighted by atomic mass is 16.5. The summed E-state index contributed by atoms with van der Waals surface area (Å²) >= 11 is 0. The van der Waals surface area contributed by atoms with E-state index in [0.29, 0.717) is 5.69 Å². The quantitative estimate of drug-likeness (QED) is 0.662. The Morgan fingerprint density at radius 3 is 1.91 bits per heavy atom. The fourth-order valence-corrected chi connectivity index (χ4v) is 2.29. The van der Waals surface area contributed by atoms with E-state index in [9.17, 15) is 9.59 Å². The smallest absolute Gasteiger partial charge is 0.338 e. The van der Waals surface area contributed by atoms with Gasteiger partial charge < -0.3 is 19.9 Å². The minimum Gasteiger partial charge on any atom is -0.471 e. The summed E-state index contributed by atoms with van der Waals surface area (Å²) in [5.41, 5.74) is 7.49. The number of rotatable bonds is 5. The fraction of sp³-hybridized carbons (Fsp3) is 0.294. The third kappa shape index (κ3) is 3.71. The monoisotopic (exact) mass is 317 g/mol. The molecular weight excluding hydrogens is 298 g/mol. The van der Waals surface area contributed by atoms with Gasteiger partial charge in [0.15, 0.2) is 0 Å². The molecule has 0 unspecified atom stereocenters. The normalized spacial score (nSPS) is 14.3. The molecule has 1 aromatic carbocycles. The van der Waals surface area contributed by atoms with E-state index in [1.165, 1.54) is 12.5 Å². The third-order valence-electron chi connectivity index (χ3n) is 3.30. The molecule has 122 valence electrons. The molecule has 0 fully saturated rings. The van der Waals surface area contributed by atoms with Gasteiger partial charge in [0.25, 0.3) is 0 Å². The molecule has 0 spiro atoms. The molecule has 6 nitrogen and oxygen atoms in total. The van der Waals surface area contributed by atoms with Crippen molar-refractivity contribution >= 4 is 17.6 Å². The Morgan fingerprint density at radius 2 is 1.48 bits per heavy atom. The molecule has 1 aliphatic heterocycles. The third-order valence-corrected chi connectivity index (χ3v) is 3.30. The Balaban J connectivity index is 2.43. The maximum atomic E-state index is 12.2. The lowest BCUT2D eigenvalue weighted by Crippen LogP contribution is -2.24. The van der Waals surface area contributed by atoms with E-state index in [4.69, 9.17) is 19.9 Å². The lowest BCUT2D eigenvalue weighted by molar-refractivity contribution is -0.139. The highest BCUT2D eigenvalue weighted by Crippen LogP contribution is 2.36. The second kappa shape index (κ2) is 7.49. The van der Waals surface area contributed by atoms with E-state index in [1.54, 1.807) is 38.1 Å². The van der Waals surface area contributed by atoms with Crippen LogP contribution < -0.4 is 5.73 Å². The van der Waals surface area contributed by atoms with Crippen LogP contribution in [0.15, 0.2) is 47.9 Å². The van der Waals surface area contributed by atoms with Crippen molar-refractivity contribution in [2.75, 3.05) is 18.9 Å². The Kier molecular flexibility index (Phi) is 5.41. The summed E-state index contributed by atoms with van der Waals surface area (Å²) in [4.78, 5) is 24.4. The number of benzene rings is 1. The van der Waals surface area contributed by atoms with Crippen LogP contribution >= 0.6 is 0 Å². The topological polar surface area (TPSA) is 87.8 Å². The van der Waals surface area contributed by atoms with Crippen molar-refractivity contribution in [1.29, 1.82) is 0 Å². The predicted molar refractivity (Wildman–Crippen MR) is 84.1 cm³/mol. The Labute approximate surface area is 134 Å². The Bertz CT molecular complexity index is 611. The van der Waals surface area contributed by atoms with E-state index in [0.717, 1.165) is 5.56 Å². The first-order valence-electron chi connectivity index (χ1n) is 7.33. The summed E-state index contributed by atoms with van der Waals surface area (Å²) in [6.45, 7) is 3.87. The van der Waals surface area contributed by atoms with Crippen LogP contribution in [0.2, 0.25) is 0 Å². The number of nitrogens with two attached hydrogens (primary N) is 1. The predicted octanol–water partition coefficient (Wildman–Crippen LogP) is 2.28. The molecule has 1 aliphatic rings. The zero-order valence-electron chi connectivity index (χ0n) is 13.1. The summed E-state index contributed by atoms with van der Waals surface area (Å²) in [6, 6.07) is 6.92. The van der Waals surface area contributed by atoms with Crippen LogP contribution in [0.5, 0.6) is 0 Å². The Hall–Kier alpha value is -2.76. The molecule has 0 saturated heterocycles.